The number of hydrogen-bond donors (Lipinski definition) is 0. The maximum atomic E-state index is 12.7. The van der Waals surface area contributed by atoms with Crippen LogP contribution in [0.3, 0.4) is 0 Å². The summed E-state index contributed by atoms with van der Waals surface area (Å²) in [5, 5.41) is 8.96. The van der Waals surface area contributed by atoms with Crippen LogP contribution >= 0.6 is 0 Å². The second-order valence-corrected chi connectivity index (χ2v) is 5.43. The van der Waals surface area contributed by atoms with Crippen LogP contribution in [0.2, 0.25) is 0 Å². The molecule has 21 heavy (non-hydrogen) atoms. The fourth-order valence-electron chi connectivity index (χ4n) is 2.92. The third-order valence-electron chi connectivity index (χ3n) is 4.09. The van der Waals surface area contributed by atoms with Crippen molar-refractivity contribution in [3.05, 3.63) is 65.2 Å². The maximum absolute atomic E-state index is 12.7. The molecular weight excluding hydrogens is 260 g/mol. The van der Waals surface area contributed by atoms with E-state index < -0.39 is 0 Å². The molecule has 3 nitrogen and oxygen atoms in total. The largest absolute Gasteiger partial charge is 0.315 e. The quantitative estimate of drug-likeness (QED) is 0.846. The van der Waals surface area contributed by atoms with Crippen molar-refractivity contribution in [1.29, 1.82) is 5.26 Å². The van der Waals surface area contributed by atoms with E-state index in [9.17, 15) is 4.79 Å². The molecule has 0 heterocycles. The number of nitriles is 1. The molecule has 0 radical (unpaired) electrons. The Kier molecular flexibility index (Phi) is 3.45. The van der Waals surface area contributed by atoms with Crippen LogP contribution in [0, 0.1) is 17.2 Å². The van der Waals surface area contributed by atoms with Crippen molar-refractivity contribution in [3.63, 3.8) is 0 Å². The van der Waals surface area contributed by atoms with Crippen molar-refractivity contribution in [1.82, 2.24) is 0 Å². The lowest BCUT2D eigenvalue weighted by atomic mass is 10.0. The van der Waals surface area contributed by atoms with Crippen LogP contribution in [-0.4, -0.2) is 13.0 Å². The summed E-state index contributed by atoms with van der Waals surface area (Å²) in [6.07, 6.45) is 1.61. The summed E-state index contributed by atoms with van der Waals surface area (Å²) in [5.74, 6) is 0.111. The van der Waals surface area contributed by atoms with E-state index in [0.717, 1.165) is 18.5 Å². The molecule has 0 atom stereocenters. The molecule has 1 aliphatic rings. The molecule has 0 fully saturated rings. The number of fused-ring (bicyclic) bond motifs is 1. The van der Waals surface area contributed by atoms with Crippen LogP contribution in [0.5, 0.6) is 0 Å². The lowest BCUT2D eigenvalue weighted by Gasteiger charge is -2.21. The van der Waals surface area contributed by atoms with Crippen molar-refractivity contribution in [3.8, 4) is 6.07 Å². The molecule has 0 aliphatic heterocycles. The Labute approximate surface area is 124 Å². The topological polar surface area (TPSA) is 44.1 Å². The van der Waals surface area contributed by atoms with Gasteiger partial charge in [0.15, 0.2) is 0 Å². The molecule has 0 unspecified atom stereocenters. The number of benzene rings is 2. The summed E-state index contributed by atoms with van der Waals surface area (Å²) in [5.41, 5.74) is 3.89. The molecule has 0 bridgehead atoms. The van der Waals surface area contributed by atoms with Crippen molar-refractivity contribution in [2.45, 2.75) is 12.8 Å². The summed E-state index contributed by atoms with van der Waals surface area (Å²) in [4.78, 5) is 14.3. The number of anilines is 1. The minimum Gasteiger partial charge on any atom is -0.315 e. The average Bonchev–Trinajstić information content (AvgIpc) is 2.97. The first-order valence-electron chi connectivity index (χ1n) is 7.03. The molecule has 1 aliphatic carbocycles. The van der Waals surface area contributed by atoms with Crippen LogP contribution in [0.15, 0.2) is 48.5 Å². The lowest BCUT2D eigenvalue weighted by molar-refractivity contribution is -0.121. The highest BCUT2D eigenvalue weighted by Gasteiger charge is 2.29. The van der Waals surface area contributed by atoms with Gasteiger partial charge in [0.1, 0.15) is 0 Å². The monoisotopic (exact) mass is 276 g/mol. The molecule has 0 spiro atoms. The van der Waals surface area contributed by atoms with Gasteiger partial charge >= 0.3 is 0 Å². The fraction of sp³-hybridized carbons (Fsp3) is 0.222. The van der Waals surface area contributed by atoms with Crippen molar-refractivity contribution in [2.24, 2.45) is 5.92 Å². The SMILES string of the molecule is CN(C(=O)C1Cc2ccccc2C1)c1cccc(C#N)c1. The Hall–Kier alpha value is -2.60. The van der Waals surface area contributed by atoms with Crippen molar-refractivity contribution >= 4 is 11.6 Å². The van der Waals surface area contributed by atoms with Gasteiger partial charge in [-0.25, -0.2) is 0 Å². The van der Waals surface area contributed by atoms with Crippen molar-refractivity contribution in [2.75, 3.05) is 11.9 Å². The van der Waals surface area contributed by atoms with E-state index in [-0.39, 0.29) is 11.8 Å². The van der Waals surface area contributed by atoms with Crippen molar-refractivity contribution < 1.29 is 4.79 Å². The van der Waals surface area contributed by atoms with Crippen LogP contribution in [0.4, 0.5) is 5.69 Å². The Balaban J connectivity index is 1.79. The number of carbonyl (C=O) groups excluding carboxylic acids is 1. The van der Waals surface area contributed by atoms with Gasteiger partial charge in [-0.05, 0) is 42.2 Å². The fourth-order valence-corrected chi connectivity index (χ4v) is 2.92. The number of nitrogens with zero attached hydrogens (tertiary/aromatic N) is 2. The van der Waals surface area contributed by atoms with Gasteiger partial charge < -0.3 is 4.90 Å². The predicted molar refractivity (Wildman–Crippen MR) is 81.9 cm³/mol. The normalized spacial score (nSPS) is 13.5. The minimum atomic E-state index is -0.00172. The third kappa shape index (κ3) is 2.53. The molecule has 0 aromatic heterocycles. The van der Waals surface area contributed by atoms with E-state index >= 15 is 0 Å². The first kappa shape index (κ1) is 13.4. The van der Waals surface area contributed by atoms with E-state index in [0.29, 0.717) is 5.56 Å². The zero-order valence-corrected chi connectivity index (χ0v) is 11.9. The Bertz CT molecular complexity index is 705. The van der Waals surface area contributed by atoms with Gasteiger partial charge in [-0.1, -0.05) is 30.3 Å². The molecule has 2 aromatic carbocycles. The van der Waals surface area contributed by atoms with Gasteiger partial charge in [0, 0.05) is 18.7 Å². The van der Waals surface area contributed by atoms with Gasteiger partial charge in [0.25, 0.3) is 0 Å². The number of amides is 1. The predicted octanol–water partition coefficient (Wildman–Crippen LogP) is 2.94. The number of hydrogen-bond acceptors (Lipinski definition) is 2. The van der Waals surface area contributed by atoms with Crippen LogP contribution in [-0.2, 0) is 17.6 Å². The minimum absolute atomic E-state index is 0.00172. The van der Waals surface area contributed by atoms with Gasteiger partial charge in [-0.3, -0.25) is 4.79 Å². The van der Waals surface area contributed by atoms with E-state index in [1.54, 1.807) is 30.1 Å². The average molecular weight is 276 g/mol. The summed E-state index contributed by atoms with van der Waals surface area (Å²) in [7, 11) is 1.78. The summed E-state index contributed by atoms with van der Waals surface area (Å²) in [6, 6.07) is 17.5. The molecule has 0 saturated carbocycles. The molecular formula is C18H16N2O. The Morgan fingerprint density at radius 2 is 1.81 bits per heavy atom. The van der Waals surface area contributed by atoms with Gasteiger partial charge in [0.05, 0.1) is 11.6 Å². The molecule has 1 amide bonds. The molecule has 3 rings (SSSR count). The Morgan fingerprint density at radius 3 is 2.43 bits per heavy atom. The molecule has 0 saturated heterocycles. The van der Waals surface area contributed by atoms with Crippen LogP contribution < -0.4 is 4.90 Å². The smallest absolute Gasteiger partial charge is 0.230 e. The highest BCUT2D eigenvalue weighted by Crippen LogP contribution is 2.29. The van der Waals surface area contributed by atoms with E-state index in [2.05, 4.69) is 18.2 Å². The highest BCUT2D eigenvalue weighted by atomic mass is 16.2. The van der Waals surface area contributed by atoms with E-state index in [4.69, 9.17) is 5.26 Å². The third-order valence-corrected chi connectivity index (χ3v) is 4.09. The van der Waals surface area contributed by atoms with Crippen LogP contribution in [0.1, 0.15) is 16.7 Å². The standard InChI is InChI=1S/C18H16N2O/c1-20(17-8-4-5-13(9-17)12-19)18(21)16-10-14-6-2-3-7-15(14)11-16/h2-9,16H,10-11H2,1H3. The summed E-state index contributed by atoms with van der Waals surface area (Å²) >= 11 is 0. The first-order chi connectivity index (χ1) is 10.2. The van der Waals surface area contributed by atoms with Gasteiger partial charge in [0.2, 0.25) is 5.91 Å². The zero-order valence-electron chi connectivity index (χ0n) is 11.9. The first-order valence-corrected chi connectivity index (χ1v) is 7.03. The molecule has 2 aromatic rings. The number of rotatable bonds is 2. The zero-order chi connectivity index (χ0) is 14.8. The molecule has 3 heteroatoms. The van der Waals surface area contributed by atoms with Gasteiger partial charge in [-0.2, -0.15) is 5.26 Å². The van der Waals surface area contributed by atoms with E-state index in [1.165, 1.54) is 11.1 Å². The van der Waals surface area contributed by atoms with Gasteiger partial charge in [-0.15, -0.1) is 0 Å². The summed E-state index contributed by atoms with van der Waals surface area (Å²) in [6.45, 7) is 0. The second kappa shape index (κ2) is 5.41. The maximum Gasteiger partial charge on any atom is 0.230 e. The number of carbonyl (C=O) groups is 1. The van der Waals surface area contributed by atoms with E-state index in [1.807, 2.05) is 18.2 Å². The Morgan fingerprint density at radius 1 is 1.14 bits per heavy atom. The molecule has 104 valence electrons. The lowest BCUT2D eigenvalue weighted by Crippen LogP contribution is -2.33. The second-order valence-electron chi connectivity index (χ2n) is 5.43. The summed E-state index contributed by atoms with van der Waals surface area (Å²) < 4.78 is 0. The molecule has 0 N–H and O–H groups in total. The highest BCUT2D eigenvalue weighted by molar-refractivity contribution is 5.95. The van der Waals surface area contributed by atoms with Crippen LogP contribution in [0.25, 0.3) is 0 Å².